The van der Waals surface area contributed by atoms with Gasteiger partial charge in [-0.1, -0.05) is 69.6 Å². The molecule has 14 heteroatoms. The zero-order valence-corrected chi connectivity index (χ0v) is 31.3. The molecule has 6 nitrogen and oxygen atoms in total. The average molecular weight is 702 g/mol. The molecular formula is C24H48Cl6O6Si2. The Labute approximate surface area is 263 Å². The molecule has 0 rings (SSSR count). The number of rotatable bonds is 17. The fraction of sp³-hybridized carbons (Fsp3) is 1.00. The van der Waals surface area contributed by atoms with Crippen LogP contribution in [0.1, 0.15) is 102 Å². The quantitative estimate of drug-likeness (QED) is 0.111. The second kappa shape index (κ2) is 16.1. The summed E-state index contributed by atoms with van der Waals surface area (Å²) in [5.74, 6) is 0. The van der Waals surface area contributed by atoms with Crippen LogP contribution in [0.4, 0.5) is 0 Å². The normalized spacial score (nSPS) is 14.8. The Morgan fingerprint density at radius 1 is 0.421 bits per heavy atom. The van der Waals surface area contributed by atoms with E-state index in [1.165, 1.54) is 0 Å². The maximum absolute atomic E-state index is 6.77. The molecule has 0 N–H and O–H groups in total. The van der Waals surface area contributed by atoms with Gasteiger partial charge >= 0.3 is 17.6 Å². The zero-order chi connectivity index (χ0) is 30.3. The molecule has 38 heavy (non-hydrogen) atoms. The minimum atomic E-state index is -4.05. The van der Waals surface area contributed by atoms with Crippen LogP contribution in [-0.4, -0.2) is 61.8 Å². The topological polar surface area (TPSA) is 55.4 Å². The summed E-state index contributed by atoms with van der Waals surface area (Å²) in [6.45, 7) is 22.7. The van der Waals surface area contributed by atoms with Crippen molar-refractivity contribution in [2.24, 2.45) is 0 Å². The van der Waals surface area contributed by atoms with Gasteiger partial charge in [-0.3, -0.25) is 0 Å². The number of alkyl halides is 6. The Morgan fingerprint density at radius 2 is 0.658 bits per heavy atom. The van der Waals surface area contributed by atoms with Crippen LogP contribution in [0.25, 0.3) is 0 Å². The van der Waals surface area contributed by atoms with Crippen molar-refractivity contribution in [1.82, 2.24) is 0 Å². The molecule has 0 aromatic heterocycles. The van der Waals surface area contributed by atoms with Gasteiger partial charge in [0.05, 0.1) is 0 Å². The highest BCUT2D eigenvalue weighted by atomic mass is 35.6. The first-order valence-electron chi connectivity index (χ1n) is 13.1. The van der Waals surface area contributed by atoms with Crippen LogP contribution in [0.3, 0.4) is 0 Å². The predicted octanol–water partition coefficient (Wildman–Crippen LogP) is 9.60. The molecule has 0 aliphatic heterocycles. The van der Waals surface area contributed by atoms with Gasteiger partial charge in [-0.25, -0.2) is 0 Å². The van der Waals surface area contributed by atoms with Gasteiger partial charge in [0.1, 0.15) is 4.66 Å². The molecular weight excluding hydrogens is 653 g/mol. The van der Waals surface area contributed by atoms with E-state index in [2.05, 4.69) is 0 Å². The van der Waals surface area contributed by atoms with E-state index in [1.807, 2.05) is 83.1 Å². The summed E-state index contributed by atoms with van der Waals surface area (Å²) < 4.78 is 35.7. The van der Waals surface area contributed by atoms with Gasteiger partial charge in [0.15, 0.2) is 7.59 Å². The van der Waals surface area contributed by atoms with Crippen molar-refractivity contribution in [3.05, 3.63) is 0 Å². The van der Waals surface area contributed by atoms with Crippen LogP contribution in [0, 0.1) is 0 Å². The van der Waals surface area contributed by atoms with Crippen LogP contribution in [0.5, 0.6) is 0 Å². The molecule has 0 bridgehead atoms. The van der Waals surface area contributed by atoms with Gasteiger partial charge in [-0.15, -0.1) is 0 Å². The molecule has 0 spiro atoms. The van der Waals surface area contributed by atoms with Gasteiger partial charge in [0.25, 0.3) is 0 Å². The smallest absolute Gasteiger partial charge is 0.371 e. The summed E-state index contributed by atoms with van der Waals surface area (Å²) in [7, 11) is -8.10. The van der Waals surface area contributed by atoms with Crippen molar-refractivity contribution in [2.45, 2.75) is 151 Å². The summed E-state index contributed by atoms with van der Waals surface area (Å²) in [5, 5.41) is 0. The van der Waals surface area contributed by atoms with Crippen molar-refractivity contribution >= 4 is 87.2 Å². The van der Waals surface area contributed by atoms with E-state index < -0.39 is 29.9 Å². The molecule has 0 radical (unpaired) electrons. The van der Waals surface area contributed by atoms with Gasteiger partial charge in [0, 0.05) is 43.0 Å². The second-order valence-corrected chi connectivity index (χ2v) is 22.2. The van der Waals surface area contributed by atoms with E-state index >= 15 is 0 Å². The first kappa shape index (κ1) is 39.9. The van der Waals surface area contributed by atoms with Gasteiger partial charge in [0.2, 0.25) is 0 Å². The van der Waals surface area contributed by atoms with Crippen molar-refractivity contribution in [3.63, 3.8) is 0 Å². The number of halogens is 6. The third kappa shape index (κ3) is 13.1. The molecule has 0 aliphatic rings. The van der Waals surface area contributed by atoms with E-state index in [4.69, 9.17) is 96.2 Å². The van der Waals surface area contributed by atoms with Gasteiger partial charge in [-0.05, 0) is 95.9 Å². The van der Waals surface area contributed by atoms with Crippen LogP contribution in [0.2, 0.25) is 4.66 Å². The maximum atomic E-state index is 6.77. The monoisotopic (exact) mass is 698 g/mol. The molecule has 230 valence electrons. The lowest BCUT2D eigenvalue weighted by Crippen LogP contribution is -2.74. The number of hydrogen-bond acceptors (Lipinski definition) is 6. The van der Waals surface area contributed by atoms with Gasteiger partial charge < -0.3 is 26.6 Å². The minimum absolute atomic E-state index is 0.0383. The highest BCUT2D eigenvalue weighted by molar-refractivity contribution is 6.86. The third-order valence-electron chi connectivity index (χ3n) is 4.85. The lowest BCUT2D eigenvalue weighted by atomic mass is 10.2. The Hall–Kier alpha value is 1.93. The lowest BCUT2D eigenvalue weighted by molar-refractivity contribution is -0.0507. The van der Waals surface area contributed by atoms with Crippen LogP contribution in [0.15, 0.2) is 0 Å². The van der Waals surface area contributed by atoms with Gasteiger partial charge in [-0.2, -0.15) is 0 Å². The van der Waals surface area contributed by atoms with E-state index in [-0.39, 0.29) is 55.9 Å². The highest BCUT2D eigenvalue weighted by Gasteiger charge is 2.79. The molecule has 0 unspecified atom stereocenters. The number of hydrogen-bond donors (Lipinski definition) is 0. The van der Waals surface area contributed by atoms with Crippen LogP contribution < -0.4 is 0 Å². The molecule has 0 atom stereocenters. The van der Waals surface area contributed by atoms with E-state index in [0.29, 0.717) is 0 Å². The summed E-state index contributed by atoms with van der Waals surface area (Å²) in [4.78, 5) is 0. The van der Waals surface area contributed by atoms with Crippen LogP contribution >= 0.6 is 69.6 Å². The average Bonchev–Trinajstić information content (AvgIpc) is 2.59. The SMILES string of the molecule is CC(C)O[Si](OC(C)C)(OC(C)C)C(CCC(Cl)(Cl)Cl)(CC(Cl)(Cl)Cl)[Si](OC(C)C)(OC(C)C)OC(C)C. The molecule has 0 fully saturated rings. The fourth-order valence-corrected chi connectivity index (χ4v) is 15.6. The molecule has 0 aromatic rings. The largest absolute Gasteiger partial charge is 0.512 e. The Kier molecular flexibility index (Phi) is 17.0. The molecule has 0 aliphatic carbocycles. The van der Waals surface area contributed by atoms with Crippen molar-refractivity contribution < 1.29 is 26.6 Å². The first-order chi connectivity index (χ1) is 16.9. The summed E-state index contributed by atoms with van der Waals surface area (Å²) in [6, 6.07) is 0. The highest BCUT2D eigenvalue weighted by Crippen LogP contribution is 2.62. The van der Waals surface area contributed by atoms with E-state index in [0.717, 1.165) is 0 Å². The fourth-order valence-electron chi connectivity index (χ4n) is 4.20. The van der Waals surface area contributed by atoms with Crippen molar-refractivity contribution in [1.29, 1.82) is 0 Å². The van der Waals surface area contributed by atoms with E-state index in [9.17, 15) is 0 Å². The summed E-state index contributed by atoms with van der Waals surface area (Å²) in [5.41, 5.74) is 0. The Morgan fingerprint density at radius 3 is 0.816 bits per heavy atom. The summed E-state index contributed by atoms with van der Waals surface area (Å²) in [6.07, 6.45) is -2.06. The van der Waals surface area contributed by atoms with Crippen molar-refractivity contribution in [2.75, 3.05) is 0 Å². The molecule has 0 aromatic carbocycles. The van der Waals surface area contributed by atoms with Crippen molar-refractivity contribution in [3.8, 4) is 0 Å². The zero-order valence-electron chi connectivity index (χ0n) is 24.8. The first-order valence-corrected chi connectivity index (χ1v) is 18.8. The standard InChI is InChI=1S/C24H48Cl6O6Si2/c1-16(2)31-37(32-17(3)4,33-18(5)6)22(15-24(28,29)30,13-14-23(25,26)27)38(34-19(7)8,35-20(9)10)36-21(11)12/h16-21H,13-15H2,1-12H3. The molecule has 0 heterocycles. The third-order valence-corrected chi connectivity index (χ3v) is 15.5. The lowest BCUT2D eigenvalue weighted by Gasteiger charge is -2.55. The van der Waals surface area contributed by atoms with Crippen LogP contribution in [-0.2, 0) is 26.6 Å². The second-order valence-electron chi connectivity index (χ2n) is 11.1. The Bertz CT molecular complexity index is 593. The maximum Gasteiger partial charge on any atom is 0.512 e. The predicted molar refractivity (Wildman–Crippen MR) is 166 cm³/mol. The molecule has 0 saturated heterocycles. The van der Waals surface area contributed by atoms with E-state index in [1.54, 1.807) is 0 Å². The summed E-state index contributed by atoms with van der Waals surface area (Å²) >= 11 is 39.0. The minimum Gasteiger partial charge on any atom is -0.371 e. The molecule has 0 amide bonds. The molecule has 0 saturated carbocycles. The Balaban J connectivity index is 8.23.